The van der Waals surface area contributed by atoms with Crippen molar-refractivity contribution in [2.24, 2.45) is 9.98 Å². The van der Waals surface area contributed by atoms with Crippen LogP contribution in [0.1, 0.15) is 68.2 Å². The molecule has 0 aromatic carbocycles. The molecule has 0 aliphatic rings. The highest BCUT2D eigenvalue weighted by Crippen LogP contribution is 2.20. The van der Waals surface area contributed by atoms with Gasteiger partial charge in [0.05, 0.1) is 0 Å². The van der Waals surface area contributed by atoms with Crippen LogP contribution in [0.3, 0.4) is 0 Å². The third kappa shape index (κ3) is 6.62. The highest BCUT2D eigenvalue weighted by Gasteiger charge is 2.30. The van der Waals surface area contributed by atoms with Crippen molar-refractivity contribution in [1.29, 1.82) is 0 Å². The molecular weight excluding hydrogens is 252 g/mol. The van der Waals surface area contributed by atoms with Crippen LogP contribution in [0.25, 0.3) is 0 Å². The van der Waals surface area contributed by atoms with Crippen LogP contribution in [0.15, 0.2) is 9.98 Å². The Kier molecular flexibility index (Phi) is 8.21. The van der Waals surface area contributed by atoms with E-state index in [1.54, 1.807) is 0 Å². The second kappa shape index (κ2) is 8.53. The minimum Gasteiger partial charge on any atom is -0.291 e. The van der Waals surface area contributed by atoms with Crippen molar-refractivity contribution in [3.05, 3.63) is 0 Å². The van der Waals surface area contributed by atoms with E-state index in [9.17, 15) is 0 Å². The van der Waals surface area contributed by atoms with E-state index >= 15 is 0 Å². The molecule has 0 saturated heterocycles. The minimum absolute atomic E-state index is 0.530. The summed E-state index contributed by atoms with van der Waals surface area (Å²) in [6, 6.07) is 0. The molecule has 0 N–H and O–H groups in total. The summed E-state index contributed by atoms with van der Waals surface area (Å²) in [6.07, 6.45) is 2.06. The van der Waals surface area contributed by atoms with Gasteiger partial charge in [0.15, 0.2) is 0 Å². The van der Waals surface area contributed by atoms with Gasteiger partial charge >= 0.3 is 0 Å². The number of hydrogen-bond acceptors (Lipinski definition) is 4. The largest absolute Gasteiger partial charge is 0.291 e. The van der Waals surface area contributed by atoms with E-state index in [2.05, 4.69) is 23.8 Å². The summed E-state index contributed by atoms with van der Waals surface area (Å²) in [5.74, 6) is 0. The lowest BCUT2D eigenvalue weighted by Crippen LogP contribution is -2.41. The van der Waals surface area contributed by atoms with Gasteiger partial charge in [0.1, 0.15) is 11.2 Å². The molecule has 0 aromatic heterocycles. The second-order valence-corrected chi connectivity index (χ2v) is 6.12. The number of nitrogens with zero attached hydrogens (tertiary/aromatic N) is 2. The van der Waals surface area contributed by atoms with Gasteiger partial charge < -0.3 is 0 Å². The van der Waals surface area contributed by atoms with E-state index in [4.69, 9.17) is 9.78 Å². The molecule has 4 nitrogen and oxygen atoms in total. The van der Waals surface area contributed by atoms with Crippen molar-refractivity contribution in [2.75, 3.05) is 13.1 Å². The Hall–Kier alpha value is -0.740. The molecule has 0 fully saturated rings. The van der Waals surface area contributed by atoms with Gasteiger partial charge in [-0.15, -0.1) is 0 Å². The maximum Gasteiger partial charge on any atom is 0.135 e. The quantitative estimate of drug-likeness (QED) is 0.361. The fraction of sp³-hybridized carbons (Fsp3) is 0.875. The van der Waals surface area contributed by atoms with Gasteiger partial charge in [-0.25, -0.2) is 9.78 Å². The van der Waals surface area contributed by atoms with Crippen LogP contribution in [0.4, 0.5) is 0 Å². The molecule has 0 unspecified atom stereocenters. The Morgan fingerprint density at radius 1 is 0.750 bits per heavy atom. The molecule has 0 rings (SSSR count). The van der Waals surface area contributed by atoms with E-state index in [1.165, 1.54) is 0 Å². The Morgan fingerprint density at radius 2 is 1.05 bits per heavy atom. The van der Waals surface area contributed by atoms with Crippen LogP contribution in [0.5, 0.6) is 0 Å². The lowest BCUT2D eigenvalue weighted by Gasteiger charge is -2.30. The van der Waals surface area contributed by atoms with Crippen molar-refractivity contribution in [1.82, 2.24) is 0 Å². The van der Waals surface area contributed by atoms with Crippen LogP contribution in [0.2, 0.25) is 0 Å². The summed E-state index contributed by atoms with van der Waals surface area (Å²) in [6.45, 7) is 17.7. The predicted molar refractivity (Wildman–Crippen MR) is 86.9 cm³/mol. The van der Waals surface area contributed by atoms with Gasteiger partial charge in [-0.05, 0) is 54.4 Å². The van der Waals surface area contributed by atoms with Gasteiger partial charge in [0.2, 0.25) is 0 Å². The van der Waals surface area contributed by atoms with Crippen LogP contribution in [-0.2, 0) is 9.78 Å². The lowest BCUT2D eigenvalue weighted by molar-refractivity contribution is -0.369. The summed E-state index contributed by atoms with van der Waals surface area (Å²) >= 11 is 0. The molecule has 0 saturated carbocycles. The van der Waals surface area contributed by atoms with Crippen LogP contribution in [-0.4, -0.2) is 35.7 Å². The van der Waals surface area contributed by atoms with Crippen molar-refractivity contribution in [3.8, 4) is 0 Å². The Bertz CT molecular complexity index is 310. The molecule has 0 atom stereocenters. The van der Waals surface area contributed by atoms with Gasteiger partial charge in [0.25, 0.3) is 0 Å². The minimum atomic E-state index is -0.530. The summed E-state index contributed by atoms with van der Waals surface area (Å²) < 4.78 is 0. The molecule has 0 heterocycles. The maximum atomic E-state index is 5.64. The average Bonchev–Trinajstić information content (AvgIpc) is 2.39. The maximum absolute atomic E-state index is 5.64. The van der Waals surface area contributed by atoms with Gasteiger partial charge in [-0.2, -0.15) is 0 Å². The zero-order chi connectivity index (χ0) is 15.8. The zero-order valence-electron chi connectivity index (χ0n) is 14.5. The third-order valence-electron chi connectivity index (χ3n) is 3.35. The topological polar surface area (TPSA) is 43.2 Å². The van der Waals surface area contributed by atoms with Crippen molar-refractivity contribution in [3.63, 3.8) is 0 Å². The van der Waals surface area contributed by atoms with Crippen molar-refractivity contribution in [2.45, 2.75) is 79.4 Å². The summed E-state index contributed by atoms with van der Waals surface area (Å²) in [5.41, 5.74) is 0.825. The molecule has 0 aromatic rings. The van der Waals surface area contributed by atoms with Gasteiger partial charge in [0, 0.05) is 24.5 Å². The highest BCUT2D eigenvalue weighted by atomic mass is 17.2. The molecule has 0 aliphatic carbocycles. The molecule has 0 amide bonds. The Balaban J connectivity index is 4.65. The van der Waals surface area contributed by atoms with Crippen molar-refractivity contribution >= 4 is 11.4 Å². The second-order valence-electron chi connectivity index (χ2n) is 6.12. The van der Waals surface area contributed by atoms with E-state index in [1.807, 2.05) is 41.5 Å². The molecule has 0 radical (unpaired) electrons. The van der Waals surface area contributed by atoms with Crippen LogP contribution < -0.4 is 0 Å². The lowest BCUT2D eigenvalue weighted by atomic mass is 10.0. The zero-order valence-corrected chi connectivity index (χ0v) is 14.5. The first kappa shape index (κ1) is 19.3. The summed E-state index contributed by atoms with van der Waals surface area (Å²) in [4.78, 5) is 20.3. The predicted octanol–water partition coefficient (Wildman–Crippen LogP) is 4.23. The Morgan fingerprint density at radius 3 is 1.30 bits per heavy atom. The average molecular weight is 284 g/mol. The molecule has 4 heteroatoms. The fourth-order valence-electron chi connectivity index (χ4n) is 1.27. The summed E-state index contributed by atoms with van der Waals surface area (Å²) in [5, 5.41) is 0. The highest BCUT2D eigenvalue weighted by molar-refractivity contribution is 5.90. The standard InChI is InChI=1S/C16H32N2O2/c1-9-11-17-13(3)15(5,6)19-20-16(7,8)14(4)18-12-10-2/h9-12H2,1-8H3. The molecule has 20 heavy (non-hydrogen) atoms. The SMILES string of the molecule is CCCN=C(C)C(C)(C)OOC(C)(C)C(C)=NCCC. The third-order valence-corrected chi connectivity index (χ3v) is 3.35. The van der Waals surface area contributed by atoms with E-state index in [-0.39, 0.29) is 0 Å². The number of rotatable bonds is 9. The van der Waals surface area contributed by atoms with Crippen molar-refractivity contribution < 1.29 is 9.78 Å². The molecule has 0 spiro atoms. The van der Waals surface area contributed by atoms with Gasteiger partial charge in [-0.1, -0.05) is 13.8 Å². The molecule has 0 bridgehead atoms. The van der Waals surface area contributed by atoms with Crippen LogP contribution >= 0.6 is 0 Å². The number of hydrogen-bond donors (Lipinski definition) is 0. The molecule has 118 valence electrons. The Labute approximate surface area is 124 Å². The van der Waals surface area contributed by atoms with E-state index in [0.29, 0.717) is 0 Å². The molecule has 0 aliphatic heterocycles. The van der Waals surface area contributed by atoms with Crippen LogP contribution in [0, 0.1) is 0 Å². The monoisotopic (exact) mass is 284 g/mol. The summed E-state index contributed by atoms with van der Waals surface area (Å²) in [7, 11) is 0. The van der Waals surface area contributed by atoms with Gasteiger partial charge in [-0.3, -0.25) is 9.98 Å². The number of aliphatic imine (C=N–C) groups is 2. The smallest absolute Gasteiger partial charge is 0.135 e. The normalized spacial score (nSPS) is 14.8. The molecular formula is C16H32N2O2. The first-order valence-corrected chi connectivity index (χ1v) is 7.57. The fourth-order valence-corrected chi connectivity index (χ4v) is 1.27. The van der Waals surface area contributed by atoms with E-state index in [0.717, 1.165) is 37.4 Å². The first-order valence-electron chi connectivity index (χ1n) is 7.57. The van der Waals surface area contributed by atoms with E-state index < -0.39 is 11.2 Å². The first-order chi connectivity index (χ1) is 9.17.